The van der Waals surface area contributed by atoms with Gasteiger partial charge in [-0.2, -0.15) is 5.26 Å². The number of fused-ring (bicyclic) bond motifs is 4. The quantitative estimate of drug-likeness (QED) is 0.250. The van der Waals surface area contributed by atoms with Gasteiger partial charge in [0.05, 0.1) is 34.0 Å². The molecule has 9 heteroatoms. The monoisotopic (exact) mass is 570 g/mol. The number of furan rings is 1. The van der Waals surface area contributed by atoms with Gasteiger partial charge in [-0.1, -0.05) is 71.0 Å². The summed E-state index contributed by atoms with van der Waals surface area (Å²) in [6.07, 6.45) is 0. The molecule has 7 rings (SSSR count). The van der Waals surface area contributed by atoms with Crippen LogP contribution in [0.5, 0.6) is 0 Å². The van der Waals surface area contributed by atoms with E-state index in [4.69, 9.17) is 27.6 Å². The third kappa shape index (κ3) is 3.68. The zero-order valence-electron chi connectivity index (χ0n) is 19.5. The van der Waals surface area contributed by atoms with Crippen molar-refractivity contribution in [3.63, 3.8) is 0 Å². The summed E-state index contributed by atoms with van der Waals surface area (Å²) in [4.78, 5) is 3.96. The second-order valence-corrected chi connectivity index (χ2v) is 11.8. The first-order valence-corrected chi connectivity index (χ1v) is 14.0. The summed E-state index contributed by atoms with van der Waals surface area (Å²) >= 11 is 15.6. The van der Waals surface area contributed by atoms with Gasteiger partial charge in [-0.25, -0.2) is 0 Å². The van der Waals surface area contributed by atoms with Crippen molar-refractivity contribution in [2.24, 2.45) is 0 Å². The lowest BCUT2D eigenvalue weighted by atomic mass is 9.86. The molecule has 5 nitrogen and oxygen atoms in total. The molecular weight excluding hydrogens is 555 g/mol. The van der Waals surface area contributed by atoms with Gasteiger partial charge in [0.2, 0.25) is 0 Å². The number of allylic oxidation sites excluding steroid dienone is 1. The highest BCUT2D eigenvalue weighted by molar-refractivity contribution is 8.04. The maximum atomic E-state index is 10.5. The predicted molar refractivity (Wildman–Crippen MR) is 155 cm³/mol. The van der Waals surface area contributed by atoms with Gasteiger partial charge in [-0.3, -0.25) is 10.3 Å². The zero-order valence-corrected chi connectivity index (χ0v) is 22.6. The number of para-hydroxylation sites is 2. The van der Waals surface area contributed by atoms with Crippen LogP contribution in [0.2, 0.25) is 10.0 Å². The highest BCUT2D eigenvalue weighted by Crippen LogP contribution is 2.56. The average molecular weight is 572 g/mol. The van der Waals surface area contributed by atoms with E-state index >= 15 is 0 Å². The first-order chi connectivity index (χ1) is 18.5. The number of rotatable bonds is 2. The lowest BCUT2D eigenvalue weighted by Gasteiger charge is -2.33. The topological polar surface area (TPSA) is 76.1 Å². The van der Waals surface area contributed by atoms with E-state index in [1.54, 1.807) is 30.0 Å². The highest BCUT2D eigenvalue weighted by Gasteiger charge is 2.45. The normalized spacial score (nSPS) is 19.7. The van der Waals surface area contributed by atoms with Gasteiger partial charge >= 0.3 is 0 Å². The van der Waals surface area contributed by atoms with Crippen LogP contribution in [0.4, 0.5) is 11.4 Å². The van der Waals surface area contributed by atoms with Gasteiger partial charge in [0.25, 0.3) is 0 Å². The van der Waals surface area contributed by atoms with Crippen LogP contribution in [0.1, 0.15) is 11.7 Å². The van der Waals surface area contributed by atoms with E-state index in [9.17, 15) is 10.7 Å². The molecule has 0 radical (unpaired) electrons. The summed E-state index contributed by atoms with van der Waals surface area (Å²) in [6, 6.07) is 27.4. The molecule has 0 saturated carbocycles. The van der Waals surface area contributed by atoms with E-state index in [0.717, 1.165) is 36.8 Å². The van der Waals surface area contributed by atoms with Crippen molar-refractivity contribution in [3.8, 4) is 17.4 Å². The summed E-state index contributed by atoms with van der Waals surface area (Å²) in [7, 11) is 0. The van der Waals surface area contributed by atoms with Crippen molar-refractivity contribution >= 4 is 63.9 Å². The first kappa shape index (κ1) is 23.6. The Kier molecular flexibility index (Phi) is 5.60. The number of halogens is 2. The van der Waals surface area contributed by atoms with E-state index in [-0.39, 0.29) is 0 Å². The van der Waals surface area contributed by atoms with Crippen LogP contribution >= 0.6 is 46.7 Å². The molecule has 0 amide bonds. The lowest BCUT2D eigenvalue weighted by Crippen LogP contribution is -2.36. The summed E-state index contributed by atoms with van der Waals surface area (Å²) in [5.74, 6) is 0.894. The largest absolute Gasteiger partial charge is 0.460 e. The Morgan fingerprint density at radius 1 is 0.921 bits per heavy atom. The summed E-state index contributed by atoms with van der Waals surface area (Å²) in [5, 5.41) is 26.0. The van der Waals surface area contributed by atoms with Gasteiger partial charge in [0, 0.05) is 31.0 Å². The smallest absolute Gasteiger partial charge is 0.137 e. The standard InChI is InChI=1S/C29H16Cl2N4OS2/c30-16-11-15(12-17(31)13-16)21-9-10-22(36-21)25-18(14-32)29-35(20-6-2-4-8-24(20)38-29)27(33)26(25)28-34-19-5-1-3-7-23(19)37-28/h1-13,25,33-34H/b28-26+,33-27?. The molecule has 38 heavy (non-hydrogen) atoms. The number of anilines is 2. The van der Waals surface area contributed by atoms with Crippen molar-refractivity contribution in [1.82, 2.24) is 0 Å². The van der Waals surface area contributed by atoms with Crippen molar-refractivity contribution in [2.45, 2.75) is 15.7 Å². The number of nitrogens with one attached hydrogen (secondary N) is 2. The third-order valence-corrected chi connectivity index (χ3v) is 9.27. The summed E-state index contributed by atoms with van der Waals surface area (Å²) < 4.78 is 6.39. The zero-order chi connectivity index (χ0) is 26.0. The van der Waals surface area contributed by atoms with Crippen LogP contribution < -0.4 is 10.2 Å². The van der Waals surface area contributed by atoms with Crippen LogP contribution in [0.25, 0.3) is 11.3 Å². The molecule has 3 aliphatic heterocycles. The molecule has 0 aliphatic carbocycles. The number of hydrogen-bond donors (Lipinski definition) is 2. The maximum Gasteiger partial charge on any atom is 0.137 e. The van der Waals surface area contributed by atoms with Crippen LogP contribution in [0.15, 0.2) is 114 Å². The van der Waals surface area contributed by atoms with E-state index in [1.807, 2.05) is 65.6 Å². The Hall–Kier alpha value is -3.54. The fourth-order valence-corrected chi connectivity index (χ4v) is 7.72. The minimum Gasteiger partial charge on any atom is -0.460 e. The van der Waals surface area contributed by atoms with E-state index < -0.39 is 5.92 Å². The summed E-state index contributed by atoms with van der Waals surface area (Å²) in [5.41, 5.74) is 3.84. The molecule has 184 valence electrons. The minimum absolute atomic E-state index is 0.313. The van der Waals surface area contributed by atoms with Gasteiger partial charge in [0.15, 0.2) is 0 Å². The number of hydrogen-bond acceptors (Lipinski definition) is 6. The average Bonchev–Trinajstić information content (AvgIpc) is 3.64. The molecule has 4 heterocycles. The first-order valence-electron chi connectivity index (χ1n) is 11.7. The van der Waals surface area contributed by atoms with Gasteiger partial charge in [0.1, 0.15) is 22.4 Å². The fourth-order valence-electron chi connectivity index (χ4n) is 4.94. The molecule has 0 saturated heterocycles. The Morgan fingerprint density at radius 2 is 1.66 bits per heavy atom. The molecule has 3 aliphatic rings. The fraction of sp³-hybridized carbons (Fsp3) is 0.0345. The van der Waals surface area contributed by atoms with E-state index in [1.165, 1.54) is 11.8 Å². The van der Waals surface area contributed by atoms with Crippen LogP contribution in [-0.2, 0) is 0 Å². The van der Waals surface area contributed by atoms with E-state index in [0.29, 0.717) is 38.5 Å². The molecule has 0 bridgehead atoms. The molecule has 0 spiro atoms. The minimum atomic E-state index is -0.576. The predicted octanol–water partition coefficient (Wildman–Crippen LogP) is 9.10. The second kappa shape index (κ2) is 9.04. The third-order valence-electron chi connectivity index (χ3n) is 6.57. The van der Waals surface area contributed by atoms with Crippen molar-refractivity contribution in [2.75, 3.05) is 10.2 Å². The molecule has 0 fully saturated rings. The van der Waals surface area contributed by atoms with Gasteiger partial charge in [-0.05, 0) is 54.6 Å². The Morgan fingerprint density at radius 3 is 2.42 bits per heavy atom. The Labute approximate surface area is 237 Å². The van der Waals surface area contributed by atoms with Crippen molar-refractivity contribution in [3.05, 3.63) is 116 Å². The highest BCUT2D eigenvalue weighted by atomic mass is 35.5. The maximum absolute atomic E-state index is 10.5. The second-order valence-electron chi connectivity index (χ2n) is 8.84. The molecule has 1 unspecified atom stereocenters. The van der Waals surface area contributed by atoms with Crippen molar-refractivity contribution < 1.29 is 4.42 Å². The summed E-state index contributed by atoms with van der Waals surface area (Å²) in [6.45, 7) is 0. The van der Waals surface area contributed by atoms with Crippen LogP contribution in [0, 0.1) is 16.7 Å². The molecule has 1 aromatic heterocycles. The molecular formula is C29H16Cl2N4OS2. The van der Waals surface area contributed by atoms with Crippen LogP contribution in [-0.4, -0.2) is 5.84 Å². The number of thioether (sulfide) groups is 2. The number of amidine groups is 1. The molecule has 4 aromatic rings. The SMILES string of the molecule is N#CC1=C2Sc3ccccc3N2C(=N)/C(=C2\Nc3ccccc3S2)C1c1ccc(-c2cc(Cl)cc(Cl)c2)o1. The van der Waals surface area contributed by atoms with Crippen LogP contribution in [0.3, 0.4) is 0 Å². The van der Waals surface area contributed by atoms with E-state index in [2.05, 4.69) is 11.4 Å². The van der Waals surface area contributed by atoms with Crippen molar-refractivity contribution in [1.29, 1.82) is 10.7 Å². The number of nitrogens with zero attached hydrogens (tertiary/aromatic N) is 2. The Bertz CT molecular complexity index is 1740. The van der Waals surface area contributed by atoms with Gasteiger partial charge < -0.3 is 9.73 Å². The number of nitriles is 1. The lowest BCUT2D eigenvalue weighted by molar-refractivity contribution is 0.515. The molecule has 1 atom stereocenters. The molecule has 2 N–H and O–H groups in total. The van der Waals surface area contributed by atoms with Gasteiger partial charge in [-0.15, -0.1) is 0 Å². The Balaban J connectivity index is 1.43. The molecule has 3 aromatic carbocycles. The number of benzene rings is 3.